The number of rotatable bonds is 2. The molecular weight excluding hydrogens is 437 g/mol. The van der Waals surface area contributed by atoms with Gasteiger partial charge >= 0.3 is 0 Å². The molecule has 1 aromatic carbocycles. The first-order valence-electron chi connectivity index (χ1n) is 9.80. The Balaban J connectivity index is 1.64. The SMILES string of the molecule is Cn1nc(Cl)c2c(Cl)c(-c3n[nH]c4nc(N5CCC(C)(N)CC5)nc(C#N)c34)ccc21. The summed E-state index contributed by atoms with van der Waals surface area (Å²) < 4.78 is 1.66. The summed E-state index contributed by atoms with van der Waals surface area (Å²) in [5, 5.41) is 23.3. The van der Waals surface area contributed by atoms with Crippen LogP contribution in [0.15, 0.2) is 12.1 Å². The van der Waals surface area contributed by atoms with Gasteiger partial charge in [-0.25, -0.2) is 4.98 Å². The molecule has 1 fully saturated rings. The summed E-state index contributed by atoms with van der Waals surface area (Å²) >= 11 is 13.0. The third-order valence-corrected chi connectivity index (χ3v) is 6.53. The highest BCUT2D eigenvalue weighted by Crippen LogP contribution is 2.39. The van der Waals surface area contributed by atoms with E-state index in [0.29, 0.717) is 43.8 Å². The van der Waals surface area contributed by atoms with E-state index in [1.165, 1.54) is 0 Å². The Hall–Kier alpha value is -2.93. The summed E-state index contributed by atoms with van der Waals surface area (Å²) in [6.07, 6.45) is 1.65. The zero-order valence-corrected chi connectivity index (χ0v) is 18.5. The lowest BCUT2D eigenvalue weighted by atomic mass is 9.91. The number of anilines is 1. The molecule has 0 radical (unpaired) electrons. The fourth-order valence-electron chi connectivity index (χ4n) is 4.00. The van der Waals surface area contributed by atoms with Crippen molar-refractivity contribution in [3.05, 3.63) is 28.0 Å². The maximum atomic E-state index is 9.83. The minimum atomic E-state index is -0.192. The molecule has 0 aliphatic carbocycles. The van der Waals surface area contributed by atoms with Crippen molar-refractivity contribution in [3.8, 4) is 17.3 Å². The fourth-order valence-corrected chi connectivity index (χ4v) is 4.70. The van der Waals surface area contributed by atoms with Gasteiger partial charge in [0, 0.05) is 31.2 Å². The van der Waals surface area contributed by atoms with E-state index in [2.05, 4.69) is 31.3 Å². The number of aromatic amines is 1. The Morgan fingerprint density at radius 2 is 1.94 bits per heavy atom. The summed E-state index contributed by atoms with van der Waals surface area (Å²) in [5.41, 5.74) is 8.68. The maximum Gasteiger partial charge on any atom is 0.228 e. The lowest BCUT2D eigenvalue weighted by molar-refractivity contribution is 0.362. The van der Waals surface area contributed by atoms with E-state index in [-0.39, 0.29) is 11.2 Å². The highest BCUT2D eigenvalue weighted by Gasteiger charge is 2.28. The predicted molar refractivity (Wildman–Crippen MR) is 120 cm³/mol. The van der Waals surface area contributed by atoms with Gasteiger partial charge in [0.05, 0.1) is 21.3 Å². The van der Waals surface area contributed by atoms with Gasteiger partial charge in [0.25, 0.3) is 0 Å². The number of nitrogens with one attached hydrogen (secondary N) is 1. The van der Waals surface area contributed by atoms with Gasteiger partial charge in [-0.3, -0.25) is 9.78 Å². The Morgan fingerprint density at radius 3 is 2.65 bits per heavy atom. The molecule has 3 aromatic heterocycles. The van der Waals surface area contributed by atoms with Crippen LogP contribution in [-0.2, 0) is 7.05 Å². The molecule has 0 unspecified atom stereocenters. The maximum absolute atomic E-state index is 9.83. The van der Waals surface area contributed by atoms with Crippen LogP contribution in [0.25, 0.3) is 33.2 Å². The van der Waals surface area contributed by atoms with Crippen LogP contribution < -0.4 is 10.6 Å². The summed E-state index contributed by atoms with van der Waals surface area (Å²) in [6, 6.07) is 5.89. The van der Waals surface area contributed by atoms with Crippen LogP contribution in [0.1, 0.15) is 25.5 Å². The largest absolute Gasteiger partial charge is 0.341 e. The van der Waals surface area contributed by atoms with Gasteiger partial charge in [-0.2, -0.15) is 20.4 Å². The van der Waals surface area contributed by atoms with Gasteiger partial charge in [0.1, 0.15) is 11.8 Å². The molecule has 1 aliphatic rings. The van der Waals surface area contributed by atoms with Crippen LogP contribution in [0.2, 0.25) is 10.2 Å². The molecule has 0 bridgehead atoms. The van der Waals surface area contributed by atoms with Gasteiger partial charge in [0.15, 0.2) is 16.5 Å². The molecule has 0 atom stereocenters. The van der Waals surface area contributed by atoms with E-state index in [9.17, 15) is 5.26 Å². The summed E-state index contributed by atoms with van der Waals surface area (Å²) in [4.78, 5) is 11.2. The van der Waals surface area contributed by atoms with Crippen molar-refractivity contribution in [2.75, 3.05) is 18.0 Å². The molecule has 158 valence electrons. The van der Waals surface area contributed by atoms with Gasteiger partial charge in [-0.05, 0) is 31.9 Å². The lowest BCUT2D eigenvalue weighted by Gasteiger charge is -2.36. The molecule has 0 amide bonds. The molecule has 4 aromatic rings. The van der Waals surface area contributed by atoms with E-state index in [4.69, 9.17) is 28.9 Å². The molecule has 0 spiro atoms. The van der Waals surface area contributed by atoms with Gasteiger partial charge in [-0.15, -0.1) is 0 Å². The quantitative estimate of drug-likeness (QED) is 0.474. The number of fused-ring (bicyclic) bond motifs is 2. The number of nitriles is 1. The number of hydrogen-bond acceptors (Lipinski definition) is 7. The second-order valence-corrected chi connectivity index (χ2v) is 8.89. The van der Waals surface area contributed by atoms with Gasteiger partial charge in [-0.1, -0.05) is 23.2 Å². The summed E-state index contributed by atoms with van der Waals surface area (Å²) in [7, 11) is 1.80. The van der Waals surface area contributed by atoms with Crippen molar-refractivity contribution in [1.82, 2.24) is 29.9 Å². The second kappa shape index (κ2) is 7.05. The van der Waals surface area contributed by atoms with E-state index in [1.54, 1.807) is 11.7 Å². The highest BCUT2D eigenvalue weighted by molar-refractivity contribution is 6.43. The van der Waals surface area contributed by atoms with Crippen molar-refractivity contribution >= 4 is 51.1 Å². The number of halogens is 2. The summed E-state index contributed by atoms with van der Waals surface area (Å²) in [5.74, 6) is 0.492. The first-order chi connectivity index (χ1) is 14.8. The number of aromatic nitrogens is 6. The van der Waals surface area contributed by atoms with Crippen LogP contribution >= 0.6 is 23.2 Å². The average molecular weight is 456 g/mol. The van der Waals surface area contributed by atoms with Gasteiger partial charge < -0.3 is 10.6 Å². The number of nitrogens with two attached hydrogens (primary N) is 1. The standard InChI is InChI=1S/C20H19Cl2N9/c1-20(24)5-7-31(8-6-20)19-25-11(9-23)13-16(27-28-18(13)26-19)10-3-4-12-14(15(10)21)17(22)29-30(12)2/h3-4H,5-8,24H2,1-2H3,(H,25,26,27,28). The van der Waals surface area contributed by atoms with Crippen molar-refractivity contribution < 1.29 is 0 Å². The van der Waals surface area contributed by atoms with Crippen LogP contribution in [-0.4, -0.2) is 48.6 Å². The minimum absolute atomic E-state index is 0.192. The van der Waals surface area contributed by atoms with Crippen molar-refractivity contribution in [1.29, 1.82) is 5.26 Å². The smallest absolute Gasteiger partial charge is 0.228 e. The first-order valence-corrected chi connectivity index (χ1v) is 10.6. The Bertz CT molecular complexity index is 1370. The molecule has 11 heteroatoms. The average Bonchev–Trinajstić information content (AvgIpc) is 3.28. The lowest BCUT2D eigenvalue weighted by Crippen LogP contribution is -2.48. The van der Waals surface area contributed by atoms with Crippen LogP contribution in [0.3, 0.4) is 0 Å². The molecule has 1 aliphatic heterocycles. The number of piperidine rings is 1. The van der Waals surface area contributed by atoms with Crippen molar-refractivity contribution in [3.63, 3.8) is 0 Å². The third-order valence-electron chi connectivity index (χ3n) is 5.87. The number of H-pyrrole nitrogens is 1. The molecule has 4 heterocycles. The monoisotopic (exact) mass is 455 g/mol. The molecule has 0 saturated carbocycles. The first kappa shape index (κ1) is 20.0. The molecule has 9 nitrogen and oxygen atoms in total. The molecule has 1 saturated heterocycles. The van der Waals surface area contributed by atoms with E-state index < -0.39 is 0 Å². The van der Waals surface area contributed by atoms with Crippen molar-refractivity contribution in [2.24, 2.45) is 12.8 Å². The Kier molecular flexibility index (Phi) is 4.55. The second-order valence-electron chi connectivity index (χ2n) is 8.16. The van der Waals surface area contributed by atoms with E-state index in [0.717, 1.165) is 31.4 Å². The van der Waals surface area contributed by atoms with Gasteiger partial charge in [0.2, 0.25) is 5.95 Å². The number of benzene rings is 1. The highest BCUT2D eigenvalue weighted by atomic mass is 35.5. The van der Waals surface area contributed by atoms with Crippen molar-refractivity contribution in [2.45, 2.75) is 25.3 Å². The third kappa shape index (κ3) is 3.19. The zero-order chi connectivity index (χ0) is 21.9. The van der Waals surface area contributed by atoms with E-state index >= 15 is 0 Å². The summed E-state index contributed by atoms with van der Waals surface area (Å²) in [6.45, 7) is 3.50. The van der Waals surface area contributed by atoms with E-state index in [1.807, 2.05) is 24.0 Å². The molecular formula is C20H19Cl2N9. The number of aryl methyl sites for hydroxylation is 1. The minimum Gasteiger partial charge on any atom is -0.341 e. The number of nitrogens with zero attached hydrogens (tertiary/aromatic N) is 7. The molecule has 31 heavy (non-hydrogen) atoms. The Morgan fingerprint density at radius 1 is 1.19 bits per heavy atom. The fraction of sp³-hybridized carbons (Fsp3) is 0.350. The van der Waals surface area contributed by atoms with Crippen LogP contribution in [0, 0.1) is 11.3 Å². The predicted octanol–water partition coefficient (Wildman–Crippen LogP) is 3.40. The number of hydrogen-bond donors (Lipinski definition) is 2. The molecule has 5 rings (SSSR count). The van der Waals surface area contributed by atoms with Crippen LogP contribution in [0.5, 0.6) is 0 Å². The normalized spacial score (nSPS) is 16.2. The Labute approximate surface area is 187 Å². The topological polar surface area (TPSA) is 125 Å². The molecule has 3 N–H and O–H groups in total. The van der Waals surface area contributed by atoms with Crippen LogP contribution in [0.4, 0.5) is 5.95 Å². The zero-order valence-electron chi connectivity index (χ0n) is 16.9.